The van der Waals surface area contributed by atoms with Crippen molar-refractivity contribution in [1.82, 2.24) is 4.98 Å². The van der Waals surface area contributed by atoms with Crippen molar-refractivity contribution in [2.75, 3.05) is 59.1 Å². The van der Waals surface area contributed by atoms with E-state index in [4.69, 9.17) is 18.9 Å². The summed E-state index contributed by atoms with van der Waals surface area (Å²) >= 11 is 1.71. The maximum atomic E-state index is 9.19. The van der Waals surface area contributed by atoms with Gasteiger partial charge in [0.25, 0.3) is 0 Å². The number of aliphatic hydroxyl groups excluding tert-OH is 1. The second-order valence-electron chi connectivity index (χ2n) is 4.72. The summed E-state index contributed by atoms with van der Waals surface area (Å²) in [4.78, 5) is 5.27. The zero-order valence-electron chi connectivity index (χ0n) is 14.0. The normalized spacial score (nSPS) is 11.1. The second kappa shape index (κ2) is 13.7. The van der Waals surface area contributed by atoms with Crippen LogP contribution < -0.4 is 0 Å². The van der Waals surface area contributed by atoms with E-state index in [1.54, 1.807) is 25.1 Å². The molecular formula is C16H27NO5S. The van der Waals surface area contributed by atoms with Crippen molar-refractivity contribution in [3.63, 3.8) is 0 Å². The fourth-order valence-corrected chi connectivity index (χ4v) is 2.68. The van der Waals surface area contributed by atoms with Crippen LogP contribution in [0.5, 0.6) is 0 Å². The zero-order chi connectivity index (χ0) is 16.8. The maximum Gasteiger partial charge on any atom is 0.0856 e. The van der Waals surface area contributed by atoms with Gasteiger partial charge in [-0.15, -0.1) is 11.8 Å². The fraction of sp³-hybridized carbons (Fsp3) is 0.688. The Morgan fingerprint density at radius 3 is 2.22 bits per heavy atom. The van der Waals surface area contributed by atoms with E-state index >= 15 is 0 Å². The van der Waals surface area contributed by atoms with Gasteiger partial charge in [0, 0.05) is 24.0 Å². The van der Waals surface area contributed by atoms with Crippen molar-refractivity contribution in [2.45, 2.75) is 18.4 Å². The van der Waals surface area contributed by atoms with Crippen LogP contribution in [-0.4, -0.2) is 69.2 Å². The lowest BCUT2D eigenvalue weighted by Gasteiger charge is -2.09. The van der Waals surface area contributed by atoms with Crippen molar-refractivity contribution < 1.29 is 24.1 Å². The third-order valence-corrected chi connectivity index (χ3v) is 4.19. The average molecular weight is 345 g/mol. The molecule has 0 aliphatic rings. The number of thioether (sulfide) groups is 1. The number of aliphatic hydroxyl groups is 1. The quantitative estimate of drug-likeness (QED) is 0.406. The molecule has 0 saturated carbocycles. The summed E-state index contributed by atoms with van der Waals surface area (Å²) in [6, 6.07) is 1.96. The van der Waals surface area contributed by atoms with Crippen molar-refractivity contribution in [2.24, 2.45) is 0 Å². The van der Waals surface area contributed by atoms with Crippen molar-refractivity contribution in [3.05, 3.63) is 23.5 Å². The highest BCUT2D eigenvalue weighted by Crippen LogP contribution is 2.23. The smallest absolute Gasteiger partial charge is 0.0856 e. The molecule has 0 bridgehead atoms. The van der Waals surface area contributed by atoms with Crippen LogP contribution in [0.25, 0.3) is 0 Å². The maximum absolute atomic E-state index is 9.19. The van der Waals surface area contributed by atoms with Crippen LogP contribution in [-0.2, 0) is 25.6 Å². The molecule has 0 amide bonds. The number of nitrogens with zero attached hydrogens (tertiary/aromatic N) is 1. The lowest BCUT2D eigenvalue weighted by atomic mass is 10.2. The van der Waals surface area contributed by atoms with Gasteiger partial charge in [-0.25, -0.2) is 0 Å². The Morgan fingerprint density at radius 2 is 1.61 bits per heavy atom. The van der Waals surface area contributed by atoms with Gasteiger partial charge in [-0.3, -0.25) is 4.98 Å². The molecule has 0 aliphatic heterocycles. The SMILES string of the molecule is COCCOCCOCCOCCSc1ccnc(CO)c1C. The van der Waals surface area contributed by atoms with Crippen LogP contribution in [0.1, 0.15) is 11.3 Å². The minimum atomic E-state index is -0.0245. The summed E-state index contributed by atoms with van der Waals surface area (Å²) in [6.45, 7) is 6.12. The predicted molar refractivity (Wildman–Crippen MR) is 90.0 cm³/mol. The summed E-state index contributed by atoms with van der Waals surface area (Å²) < 4.78 is 21.1. The zero-order valence-corrected chi connectivity index (χ0v) is 14.8. The Hall–Kier alpha value is -0.700. The Morgan fingerprint density at radius 1 is 1.00 bits per heavy atom. The van der Waals surface area contributed by atoms with E-state index in [-0.39, 0.29) is 6.61 Å². The van der Waals surface area contributed by atoms with Gasteiger partial charge in [0.1, 0.15) is 0 Å². The molecule has 132 valence electrons. The number of pyridine rings is 1. The number of methoxy groups -OCH3 is 1. The topological polar surface area (TPSA) is 70.0 Å². The first-order valence-corrected chi connectivity index (χ1v) is 8.68. The van der Waals surface area contributed by atoms with Crippen LogP contribution >= 0.6 is 11.8 Å². The van der Waals surface area contributed by atoms with Crippen LogP contribution in [0.4, 0.5) is 0 Å². The highest BCUT2D eigenvalue weighted by molar-refractivity contribution is 7.99. The molecule has 6 nitrogen and oxygen atoms in total. The molecule has 0 fully saturated rings. The first-order valence-electron chi connectivity index (χ1n) is 7.70. The summed E-state index contributed by atoms with van der Waals surface area (Å²) in [5.41, 5.74) is 1.77. The Bertz CT molecular complexity index is 419. The molecule has 0 aliphatic carbocycles. The summed E-state index contributed by atoms with van der Waals surface area (Å²) in [5, 5.41) is 9.19. The molecule has 0 atom stereocenters. The predicted octanol–water partition coefficient (Wildman–Crippen LogP) is 1.67. The number of hydrogen-bond donors (Lipinski definition) is 1. The molecule has 0 spiro atoms. The van der Waals surface area contributed by atoms with E-state index < -0.39 is 0 Å². The molecular weight excluding hydrogens is 318 g/mol. The number of aromatic nitrogens is 1. The highest BCUT2D eigenvalue weighted by atomic mass is 32.2. The van der Waals surface area contributed by atoms with Gasteiger partial charge in [-0.1, -0.05) is 0 Å². The summed E-state index contributed by atoms with van der Waals surface area (Å²) in [5.74, 6) is 0.857. The van der Waals surface area contributed by atoms with E-state index in [1.165, 1.54) is 0 Å². The molecule has 0 saturated heterocycles. The minimum absolute atomic E-state index is 0.0245. The fourth-order valence-electron chi connectivity index (χ4n) is 1.77. The van der Waals surface area contributed by atoms with Crippen molar-refractivity contribution in [3.8, 4) is 0 Å². The monoisotopic (exact) mass is 345 g/mol. The molecule has 0 radical (unpaired) electrons. The van der Waals surface area contributed by atoms with E-state index in [1.807, 2.05) is 13.0 Å². The highest BCUT2D eigenvalue weighted by Gasteiger charge is 2.04. The number of hydrogen-bond acceptors (Lipinski definition) is 7. The Balaban J connectivity index is 1.96. The third-order valence-electron chi connectivity index (χ3n) is 3.07. The standard InChI is InChI=1S/C16H27NO5S/c1-14-15(13-18)17-4-3-16(14)23-12-11-22-10-9-21-8-7-20-6-5-19-2/h3-4,18H,5-13H2,1-2H3. The first kappa shape index (κ1) is 20.3. The third kappa shape index (κ3) is 9.24. The Labute approximate surface area is 142 Å². The van der Waals surface area contributed by atoms with Gasteiger partial charge in [0.15, 0.2) is 0 Å². The molecule has 7 heteroatoms. The van der Waals surface area contributed by atoms with Gasteiger partial charge in [0.05, 0.1) is 58.5 Å². The van der Waals surface area contributed by atoms with Crippen LogP contribution in [0.3, 0.4) is 0 Å². The van der Waals surface area contributed by atoms with Gasteiger partial charge in [-0.05, 0) is 18.6 Å². The van der Waals surface area contributed by atoms with Crippen LogP contribution in [0.15, 0.2) is 17.2 Å². The van der Waals surface area contributed by atoms with Gasteiger partial charge < -0.3 is 24.1 Å². The molecule has 1 aromatic rings. The number of rotatable bonds is 14. The van der Waals surface area contributed by atoms with Gasteiger partial charge in [0.2, 0.25) is 0 Å². The molecule has 0 aromatic carbocycles. The second-order valence-corrected chi connectivity index (χ2v) is 5.85. The van der Waals surface area contributed by atoms with E-state index in [9.17, 15) is 5.11 Å². The molecule has 1 N–H and O–H groups in total. The average Bonchev–Trinajstić information content (AvgIpc) is 2.57. The molecule has 1 heterocycles. The molecule has 1 rings (SSSR count). The van der Waals surface area contributed by atoms with Crippen LogP contribution in [0, 0.1) is 6.92 Å². The Kier molecular flexibility index (Phi) is 12.1. The lowest BCUT2D eigenvalue weighted by Crippen LogP contribution is -2.12. The lowest BCUT2D eigenvalue weighted by molar-refractivity contribution is 0.00565. The van der Waals surface area contributed by atoms with E-state index in [0.29, 0.717) is 46.2 Å². The largest absolute Gasteiger partial charge is 0.390 e. The molecule has 1 aromatic heterocycles. The van der Waals surface area contributed by atoms with Gasteiger partial charge in [-0.2, -0.15) is 0 Å². The first-order chi connectivity index (χ1) is 11.3. The van der Waals surface area contributed by atoms with E-state index in [2.05, 4.69) is 4.98 Å². The summed E-state index contributed by atoms with van der Waals surface area (Å²) in [6.07, 6.45) is 1.73. The summed E-state index contributed by atoms with van der Waals surface area (Å²) in [7, 11) is 1.65. The van der Waals surface area contributed by atoms with Crippen LogP contribution in [0.2, 0.25) is 0 Å². The molecule has 23 heavy (non-hydrogen) atoms. The van der Waals surface area contributed by atoms with E-state index in [0.717, 1.165) is 21.9 Å². The number of ether oxygens (including phenoxy) is 4. The molecule has 0 unspecified atom stereocenters. The van der Waals surface area contributed by atoms with Crippen molar-refractivity contribution in [1.29, 1.82) is 0 Å². The minimum Gasteiger partial charge on any atom is -0.390 e. The van der Waals surface area contributed by atoms with Crippen molar-refractivity contribution >= 4 is 11.8 Å². The van der Waals surface area contributed by atoms with Gasteiger partial charge >= 0.3 is 0 Å².